The van der Waals surface area contributed by atoms with E-state index in [4.69, 9.17) is 4.74 Å². The molecule has 0 saturated heterocycles. The van der Waals surface area contributed by atoms with Gasteiger partial charge in [0.15, 0.2) is 11.6 Å². The molecular formula is C20H22FNO2. The molecule has 1 amide bonds. The molecule has 0 bridgehead atoms. The SMILES string of the molecule is COc1ccc(CCC(=O)N(C)C2CCc3ccccc32)cc1F. The van der Waals surface area contributed by atoms with Crippen molar-refractivity contribution in [1.29, 1.82) is 0 Å². The highest BCUT2D eigenvalue weighted by molar-refractivity contribution is 5.77. The minimum absolute atomic E-state index is 0.0907. The van der Waals surface area contributed by atoms with Gasteiger partial charge in [0, 0.05) is 13.5 Å². The molecule has 24 heavy (non-hydrogen) atoms. The normalized spacial score (nSPS) is 15.9. The standard InChI is InChI=1S/C20H22FNO2/c1-22(18-10-9-15-5-3-4-6-16(15)18)20(23)12-8-14-7-11-19(24-2)17(21)13-14/h3-7,11,13,18H,8-10,12H2,1-2H3. The van der Waals surface area contributed by atoms with Crippen LogP contribution >= 0.6 is 0 Å². The molecule has 0 fully saturated rings. The van der Waals surface area contributed by atoms with E-state index in [2.05, 4.69) is 12.1 Å². The number of benzene rings is 2. The van der Waals surface area contributed by atoms with Crippen LogP contribution in [0.25, 0.3) is 0 Å². The van der Waals surface area contributed by atoms with Gasteiger partial charge in [-0.15, -0.1) is 0 Å². The first-order chi connectivity index (χ1) is 11.6. The minimum Gasteiger partial charge on any atom is -0.494 e. The van der Waals surface area contributed by atoms with E-state index >= 15 is 0 Å². The van der Waals surface area contributed by atoms with Crippen LogP contribution in [0.2, 0.25) is 0 Å². The summed E-state index contributed by atoms with van der Waals surface area (Å²) >= 11 is 0. The highest BCUT2D eigenvalue weighted by atomic mass is 19.1. The van der Waals surface area contributed by atoms with Gasteiger partial charge in [-0.05, 0) is 48.1 Å². The molecule has 0 radical (unpaired) electrons. The number of carbonyl (C=O) groups is 1. The van der Waals surface area contributed by atoms with Crippen LogP contribution in [0.15, 0.2) is 42.5 Å². The van der Waals surface area contributed by atoms with Gasteiger partial charge in [0.05, 0.1) is 13.2 Å². The van der Waals surface area contributed by atoms with Crippen LogP contribution in [0, 0.1) is 5.82 Å². The van der Waals surface area contributed by atoms with E-state index in [0.29, 0.717) is 12.8 Å². The van der Waals surface area contributed by atoms with Crippen molar-refractivity contribution in [2.24, 2.45) is 0 Å². The number of nitrogens with zero attached hydrogens (tertiary/aromatic N) is 1. The number of amides is 1. The van der Waals surface area contributed by atoms with Crippen LogP contribution in [-0.2, 0) is 17.6 Å². The Hall–Kier alpha value is -2.36. The maximum atomic E-state index is 13.7. The number of methoxy groups -OCH3 is 1. The minimum atomic E-state index is -0.388. The molecule has 3 nitrogen and oxygen atoms in total. The molecule has 2 aromatic rings. The van der Waals surface area contributed by atoms with Gasteiger partial charge in [0.2, 0.25) is 5.91 Å². The zero-order valence-electron chi connectivity index (χ0n) is 14.1. The molecule has 126 valence electrons. The Labute approximate surface area is 142 Å². The summed E-state index contributed by atoms with van der Waals surface area (Å²) in [6.07, 6.45) is 2.89. The number of halogens is 1. The first kappa shape index (κ1) is 16.5. The fourth-order valence-corrected chi connectivity index (χ4v) is 3.40. The predicted molar refractivity (Wildman–Crippen MR) is 91.5 cm³/mol. The van der Waals surface area contributed by atoms with Crippen molar-refractivity contribution in [3.8, 4) is 5.75 Å². The fraction of sp³-hybridized carbons (Fsp3) is 0.350. The molecule has 3 rings (SSSR count). The summed E-state index contributed by atoms with van der Waals surface area (Å²) in [5.74, 6) is -0.0711. The lowest BCUT2D eigenvalue weighted by atomic mass is 10.1. The average molecular weight is 327 g/mol. The van der Waals surface area contributed by atoms with Crippen LogP contribution in [0.3, 0.4) is 0 Å². The summed E-state index contributed by atoms with van der Waals surface area (Å²) in [6, 6.07) is 13.3. The third-order valence-electron chi connectivity index (χ3n) is 4.81. The third-order valence-corrected chi connectivity index (χ3v) is 4.81. The van der Waals surface area contributed by atoms with Crippen molar-refractivity contribution >= 4 is 5.91 Å². The molecule has 0 spiro atoms. The molecule has 0 N–H and O–H groups in total. The molecule has 1 aliphatic carbocycles. The Bertz CT molecular complexity index is 744. The number of aryl methyl sites for hydroxylation is 2. The maximum Gasteiger partial charge on any atom is 0.223 e. The molecule has 0 aromatic heterocycles. The van der Waals surface area contributed by atoms with Gasteiger partial charge >= 0.3 is 0 Å². The largest absolute Gasteiger partial charge is 0.494 e. The second-order valence-corrected chi connectivity index (χ2v) is 6.23. The number of hydrogen-bond acceptors (Lipinski definition) is 2. The summed E-state index contributed by atoms with van der Waals surface area (Å²) in [4.78, 5) is 14.4. The smallest absolute Gasteiger partial charge is 0.223 e. The first-order valence-electron chi connectivity index (χ1n) is 8.26. The van der Waals surface area contributed by atoms with Crippen LogP contribution in [0.1, 0.15) is 35.6 Å². The van der Waals surface area contributed by atoms with Crippen LogP contribution in [0.5, 0.6) is 5.75 Å². The topological polar surface area (TPSA) is 29.5 Å². The van der Waals surface area contributed by atoms with E-state index < -0.39 is 0 Å². The van der Waals surface area contributed by atoms with Crippen molar-refractivity contribution < 1.29 is 13.9 Å². The quantitative estimate of drug-likeness (QED) is 0.833. The summed E-state index contributed by atoms with van der Waals surface area (Å²) in [6.45, 7) is 0. The number of carbonyl (C=O) groups excluding carboxylic acids is 1. The van der Waals surface area contributed by atoms with Crippen molar-refractivity contribution in [3.63, 3.8) is 0 Å². The Morgan fingerprint density at radius 2 is 2.08 bits per heavy atom. The van der Waals surface area contributed by atoms with Crippen LogP contribution < -0.4 is 4.74 Å². The third kappa shape index (κ3) is 3.28. The Balaban J connectivity index is 1.62. The molecule has 1 atom stereocenters. The Kier molecular flexibility index (Phi) is 4.84. The highest BCUT2D eigenvalue weighted by Gasteiger charge is 2.27. The second-order valence-electron chi connectivity index (χ2n) is 6.23. The summed E-state index contributed by atoms with van der Waals surface area (Å²) in [7, 11) is 3.31. The summed E-state index contributed by atoms with van der Waals surface area (Å²) in [5.41, 5.74) is 3.39. The van der Waals surface area contributed by atoms with E-state index in [-0.39, 0.29) is 23.5 Å². The molecule has 4 heteroatoms. The maximum absolute atomic E-state index is 13.7. The molecule has 0 heterocycles. The average Bonchev–Trinajstić information content (AvgIpc) is 3.03. The van der Waals surface area contributed by atoms with Crippen molar-refractivity contribution in [3.05, 3.63) is 65.0 Å². The van der Waals surface area contributed by atoms with Gasteiger partial charge in [-0.2, -0.15) is 0 Å². The number of hydrogen-bond donors (Lipinski definition) is 0. The Morgan fingerprint density at radius 3 is 2.83 bits per heavy atom. The fourth-order valence-electron chi connectivity index (χ4n) is 3.40. The van der Waals surface area contributed by atoms with Gasteiger partial charge in [-0.25, -0.2) is 4.39 Å². The van der Waals surface area contributed by atoms with Crippen molar-refractivity contribution in [2.45, 2.75) is 31.7 Å². The molecule has 0 saturated carbocycles. The number of rotatable bonds is 5. The second kappa shape index (κ2) is 7.04. The van der Waals surface area contributed by atoms with Crippen molar-refractivity contribution in [1.82, 2.24) is 4.90 Å². The number of fused-ring (bicyclic) bond motifs is 1. The lowest BCUT2D eigenvalue weighted by Crippen LogP contribution is -2.30. The van der Waals surface area contributed by atoms with Gasteiger partial charge in [-0.3, -0.25) is 4.79 Å². The van der Waals surface area contributed by atoms with Gasteiger partial charge in [-0.1, -0.05) is 30.3 Å². The van der Waals surface area contributed by atoms with E-state index in [1.807, 2.05) is 24.1 Å². The van der Waals surface area contributed by atoms with E-state index in [0.717, 1.165) is 18.4 Å². The van der Waals surface area contributed by atoms with E-state index in [9.17, 15) is 9.18 Å². The van der Waals surface area contributed by atoms with Gasteiger partial charge < -0.3 is 9.64 Å². The zero-order valence-corrected chi connectivity index (χ0v) is 14.1. The summed E-state index contributed by atoms with van der Waals surface area (Å²) < 4.78 is 18.6. The lowest BCUT2D eigenvalue weighted by molar-refractivity contribution is -0.132. The van der Waals surface area contributed by atoms with E-state index in [1.165, 1.54) is 24.3 Å². The molecule has 1 unspecified atom stereocenters. The predicted octanol–water partition coefficient (Wildman–Crippen LogP) is 3.91. The first-order valence-corrected chi connectivity index (χ1v) is 8.26. The van der Waals surface area contributed by atoms with Crippen molar-refractivity contribution in [2.75, 3.05) is 14.2 Å². The van der Waals surface area contributed by atoms with Gasteiger partial charge in [0.1, 0.15) is 0 Å². The van der Waals surface area contributed by atoms with Crippen LogP contribution in [-0.4, -0.2) is 25.0 Å². The molecule has 0 aliphatic heterocycles. The molecule has 1 aliphatic rings. The van der Waals surface area contributed by atoms with Crippen LogP contribution in [0.4, 0.5) is 4.39 Å². The van der Waals surface area contributed by atoms with E-state index in [1.54, 1.807) is 12.1 Å². The highest BCUT2D eigenvalue weighted by Crippen LogP contribution is 2.35. The molecular weight excluding hydrogens is 305 g/mol. The Morgan fingerprint density at radius 1 is 1.29 bits per heavy atom. The number of ether oxygens (including phenoxy) is 1. The lowest BCUT2D eigenvalue weighted by Gasteiger charge is -2.25. The molecule has 2 aromatic carbocycles. The zero-order chi connectivity index (χ0) is 17.1. The monoisotopic (exact) mass is 327 g/mol. The van der Waals surface area contributed by atoms with Gasteiger partial charge in [0.25, 0.3) is 0 Å². The summed E-state index contributed by atoms with van der Waals surface area (Å²) in [5, 5.41) is 0.